The Hall–Kier alpha value is -2.32. The highest BCUT2D eigenvalue weighted by Gasteiger charge is 2.24. The highest BCUT2D eigenvalue weighted by Crippen LogP contribution is 2.16. The van der Waals surface area contributed by atoms with Crippen LogP contribution in [-0.4, -0.2) is 27.5 Å². The van der Waals surface area contributed by atoms with Gasteiger partial charge in [-0.2, -0.15) is 4.72 Å². The van der Waals surface area contributed by atoms with Crippen LogP contribution in [0, 0.1) is 0 Å². The minimum absolute atomic E-state index is 0.0700. The molecule has 1 atom stereocenters. The highest BCUT2D eigenvalue weighted by atomic mass is 32.2. The average Bonchev–Trinajstić information content (AvgIpc) is 3.11. The van der Waals surface area contributed by atoms with Crippen molar-refractivity contribution in [2.75, 3.05) is 7.11 Å². The van der Waals surface area contributed by atoms with Gasteiger partial charge in [-0.1, -0.05) is 6.92 Å². The zero-order chi connectivity index (χ0) is 17.6. The summed E-state index contributed by atoms with van der Waals surface area (Å²) in [6, 6.07) is 8.52. The van der Waals surface area contributed by atoms with Gasteiger partial charge in [0.05, 0.1) is 24.8 Å². The van der Waals surface area contributed by atoms with E-state index in [9.17, 15) is 13.2 Å². The Labute approximate surface area is 141 Å². The lowest BCUT2D eigenvalue weighted by Crippen LogP contribution is -2.46. The number of benzene rings is 1. The third-order valence-electron chi connectivity index (χ3n) is 3.41. The Morgan fingerprint density at radius 2 is 1.96 bits per heavy atom. The number of methoxy groups -OCH3 is 1. The van der Waals surface area contributed by atoms with Gasteiger partial charge in [0, 0.05) is 0 Å². The number of furan rings is 1. The standard InChI is InChI=1S/C16H20N2O5S/c1-3-15(16(19)17-11-13-5-4-10-23-13)18-24(20,21)14-8-6-12(22-2)7-9-14/h4-10,15,18H,3,11H2,1-2H3,(H,17,19)/t15-/m0/s1. The van der Waals surface area contributed by atoms with Crippen LogP contribution in [0.2, 0.25) is 0 Å². The van der Waals surface area contributed by atoms with Gasteiger partial charge >= 0.3 is 0 Å². The molecule has 0 spiro atoms. The molecule has 1 amide bonds. The zero-order valence-corrected chi connectivity index (χ0v) is 14.3. The van der Waals surface area contributed by atoms with Gasteiger partial charge in [-0.25, -0.2) is 8.42 Å². The molecule has 0 aliphatic heterocycles. The topological polar surface area (TPSA) is 97.6 Å². The fourth-order valence-electron chi connectivity index (χ4n) is 2.04. The van der Waals surface area contributed by atoms with E-state index in [1.807, 2.05) is 0 Å². The van der Waals surface area contributed by atoms with Crippen LogP contribution in [0.4, 0.5) is 0 Å². The van der Waals surface area contributed by atoms with Crippen molar-refractivity contribution in [2.45, 2.75) is 30.8 Å². The number of hydrogen-bond acceptors (Lipinski definition) is 5. The van der Waals surface area contributed by atoms with Gasteiger partial charge < -0.3 is 14.5 Å². The van der Waals surface area contributed by atoms with Crippen LogP contribution >= 0.6 is 0 Å². The molecular weight excluding hydrogens is 332 g/mol. The summed E-state index contributed by atoms with van der Waals surface area (Å²) in [6.45, 7) is 1.93. The normalized spacial score (nSPS) is 12.6. The molecule has 1 aromatic heterocycles. The van der Waals surface area contributed by atoms with E-state index in [0.717, 1.165) is 0 Å². The van der Waals surface area contributed by atoms with Crippen molar-refractivity contribution in [1.29, 1.82) is 0 Å². The fourth-order valence-corrected chi connectivity index (χ4v) is 3.32. The molecule has 0 aliphatic carbocycles. The highest BCUT2D eigenvalue weighted by molar-refractivity contribution is 7.89. The Morgan fingerprint density at radius 3 is 2.50 bits per heavy atom. The predicted molar refractivity (Wildman–Crippen MR) is 87.9 cm³/mol. The Balaban J connectivity index is 2.02. The maximum atomic E-state index is 12.4. The fraction of sp³-hybridized carbons (Fsp3) is 0.312. The molecule has 0 fully saturated rings. The molecule has 0 saturated heterocycles. The summed E-state index contributed by atoms with van der Waals surface area (Å²) in [7, 11) is -2.31. The minimum atomic E-state index is -3.80. The van der Waals surface area contributed by atoms with Crippen molar-refractivity contribution in [3.63, 3.8) is 0 Å². The molecule has 1 aromatic carbocycles. The van der Waals surface area contributed by atoms with Crippen LogP contribution < -0.4 is 14.8 Å². The molecule has 7 nitrogen and oxygen atoms in total. The van der Waals surface area contributed by atoms with Gasteiger partial charge in [0.2, 0.25) is 15.9 Å². The van der Waals surface area contributed by atoms with E-state index in [1.54, 1.807) is 31.2 Å². The first-order chi connectivity index (χ1) is 11.5. The number of rotatable bonds is 8. The van der Waals surface area contributed by atoms with E-state index < -0.39 is 22.0 Å². The Morgan fingerprint density at radius 1 is 1.25 bits per heavy atom. The SMILES string of the molecule is CC[C@H](NS(=O)(=O)c1ccc(OC)cc1)C(=O)NCc1ccco1. The summed E-state index contributed by atoms with van der Waals surface area (Å²) in [4.78, 5) is 12.2. The van der Waals surface area contributed by atoms with E-state index in [4.69, 9.17) is 9.15 Å². The number of ether oxygens (including phenoxy) is 1. The third kappa shape index (κ3) is 4.59. The third-order valence-corrected chi connectivity index (χ3v) is 4.90. The molecule has 130 valence electrons. The van der Waals surface area contributed by atoms with Gasteiger partial charge in [-0.05, 0) is 42.8 Å². The minimum Gasteiger partial charge on any atom is -0.497 e. The van der Waals surface area contributed by atoms with Crippen LogP contribution in [0.25, 0.3) is 0 Å². The van der Waals surface area contributed by atoms with Gasteiger partial charge in [-0.15, -0.1) is 0 Å². The molecule has 8 heteroatoms. The Bertz CT molecular complexity index is 754. The summed E-state index contributed by atoms with van der Waals surface area (Å²) >= 11 is 0. The van der Waals surface area contributed by atoms with Crippen LogP contribution in [0.5, 0.6) is 5.75 Å². The monoisotopic (exact) mass is 352 g/mol. The molecular formula is C16H20N2O5S. The number of amides is 1. The molecule has 24 heavy (non-hydrogen) atoms. The maximum Gasteiger partial charge on any atom is 0.241 e. The van der Waals surface area contributed by atoms with Gasteiger partial charge in [-0.3, -0.25) is 4.79 Å². The first-order valence-corrected chi connectivity index (χ1v) is 8.91. The van der Waals surface area contributed by atoms with E-state index in [-0.39, 0.29) is 11.4 Å². The molecule has 2 N–H and O–H groups in total. The van der Waals surface area contributed by atoms with Gasteiger partial charge in [0.1, 0.15) is 17.6 Å². The molecule has 0 aliphatic rings. The van der Waals surface area contributed by atoms with E-state index in [0.29, 0.717) is 17.9 Å². The molecule has 0 bridgehead atoms. The number of sulfonamides is 1. The van der Waals surface area contributed by atoms with Crippen molar-refractivity contribution in [3.05, 3.63) is 48.4 Å². The second kappa shape index (κ2) is 7.98. The summed E-state index contributed by atoms with van der Waals surface area (Å²) < 4.78 is 37.3. The maximum absolute atomic E-state index is 12.4. The predicted octanol–water partition coefficient (Wildman–Crippen LogP) is 1.66. The molecule has 0 radical (unpaired) electrons. The zero-order valence-electron chi connectivity index (χ0n) is 13.5. The summed E-state index contributed by atoms with van der Waals surface area (Å²) in [5.41, 5.74) is 0. The Kier molecular flexibility index (Phi) is 5.99. The quantitative estimate of drug-likeness (QED) is 0.753. The molecule has 0 saturated carbocycles. The van der Waals surface area contributed by atoms with Crippen LogP contribution in [0.1, 0.15) is 19.1 Å². The largest absolute Gasteiger partial charge is 0.497 e. The van der Waals surface area contributed by atoms with Crippen molar-refractivity contribution in [2.24, 2.45) is 0 Å². The lowest BCUT2D eigenvalue weighted by atomic mass is 10.2. The molecule has 0 unspecified atom stereocenters. The van der Waals surface area contributed by atoms with Gasteiger partial charge in [0.15, 0.2) is 0 Å². The van der Waals surface area contributed by atoms with Crippen molar-refractivity contribution < 1.29 is 22.4 Å². The van der Waals surface area contributed by atoms with Crippen molar-refractivity contribution >= 4 is 15.9 Å². The van der Waals surface area contributed by atoms with Crippen LogP contribution in [0.3, 0.4) is 0 Å². The summed E-state index contributed by atoms with van der Waals surface area (Å²) in [6.07, 6.45) is 1.82. The van der Waals surface area contributed by atoms with E-state index in [1.165, 1.54) is 25.5 Å². The van der Waals surface area contributed by atoms with E-state index >= 15 is 0 Å². The van der Waals surface area contributed by atoms with E-state index in [2.05, 4.69) is 10.0 Å². The summed E-state index contributed by atoms with van der Waals surface area (Å²) in [5.74, 6) is 0.736. The number of carbonyl (C=O) groups excluding carboxylic acids is 1. The van der Waals surface area contributed by atoms with Crippen LogP contribution in [-0.2, 0) is 21.4 Å². The van der Waals surface area contributed by atoms with Crippen molar-refractivity contribution in [3.8, 4) is 5.75 Å². The number of carbonyl (C=O) groups is 1. The smallest absolute Gasteiger partial charge is 0.241 e. The first kappa shape index (κ1) is 18.0. The van der Waals surface area contributed by atoms with Crippen LogP contribution in [0.15, 0.2) is 52.0 Å². The molecule has 2 rings (SSSR count). The van der Waals surface area contributed by atoms with Crippen molar-refractivity contribution in [1.82, 2.24) is 10.0 Å². The first-order valence-electron chi connectivity index (χ1n) is 7.42. The van der Waals surface area contributed by atoms with Gasteiger partial charge in [0.25, 0.3) is 0 Å². The number of hydrogen-bond donors (Lipinski definition) is 2. The molecule has 1 heterocycles. The average molecular weight is 352 g/mol. The summed E-state index contributed by atoms with van der Waals surface area (Å²) in [5, 5.41) is 2.65. The molecule has 2 aromatic rings. The second-order valence-electron chi connectivity index (χ2n) is 5.05. The lowest BCUT2D eigenvalue weighted by molar-refractivity contribution is -0.123. The lowest BCUT2D eigenvalue weighted by Gasteiger charge is -2.16. The second-order valence-corrected chi connectivity index (χ2v) is 6.77. The number of nitrogens with one attached hydrogen (secondary N) is 2.